The molecule has 0 fully saturated rings. The Morgan fingerprint density at radius 2 is 0.600 bits per heavy atom. The third-order valence-corrected chi connectivity index (χ3v) is 16.6. The van der Waals surface area contributed by atoms with E-state index in [0.717, 1.165) is 116 Å². The Balaban J connectivity index is 4.11. The largest absolute Gasteiger partial charge is 0.477 e. The molecule has 0 saturated heterocycles. The first-order chi connectivity index (χ1) is 46.6. The van der Waals surface area contributed by atoms with E-state index < -0.39 is 24.3 Å². The smallest absolute Gasteiger partial charge is 0.361 e. The second-order valence-electron chi connectivity index (χ2n) is 26.9. The number of allylic oxidation sites excluding steroid dienone is 24. The Bertz CT molecular complexity index is 2080. The molecular weight excluding hydrogens is 1170 g/mol. The first-order valence-corrected chi connectivity index (χ1v) is 39.0. The van der Waals surface area contributed by atoms with Gasteiger partial charge in [0.25, 0.3) is 6.29 Å². The monoisotopic (exact) mass is 1320 g/mol. The van der Waals surface area contributed by atoms with E-state index in [0.29, 0.717) is 23.9 Å². The second-order valence-corrected chi connectivity index (χ2v) is 26.9. The Kier molecular flexibility index (Phi) is 71.1. The highest BCUT2D eigenvalue weighted by Gasteiger charge is 2.25. The van der Waals surface area contributed by atoms with E-state index in [1.54, 1.807) is 0 Å². The summed E-state index contributed by atoms with van der Waals surface area (Å²) < 4.78 is 23.0. The van der Waals surface area contributed by atoms with Gasteiger partial charge in [0, 0.05) is 12.8 Å². The van der Waals surface area contributed by atoms with Crippen molar-refractivity contribution < 1.29 is 42.9 Å². The van der Waals surface area contributed by atoms with Crippen molar-refractivity contribution in [1.82, 2.24) is 0 Å². The highest BCUT2D eigenvalue weighted by atomic mass is 16.7. The van der Waals surface area contributed by atoms with E-state index in [2.05, 4.69) is 160 Å². The van der Waals surface area contributed by atoms with Gasteiger partial charge in [-0.3, -0.25) is 9.59 Å². The van der Waals surface area contributed by atoms with Crippen LogP contribution in [0.2, 0.25) is 0 Å². The third-order valence-electron chi connectivity index (χ3n) is 16.6. The SMILES string of the molecule is CC/C=C\C/C=C\C/C=C\C/C=C\C/C=C\C/C=C\C/C=C\C/C=C\C/C=C\C/C=C\CCCCCCCCCCCCC(=O)OC(COC(=O)CCCCCCCCCCCCCCCCCCC/C=C\C/C=C\CCCCCCC)COC(OCC[N+](C)(C)C)C(=O)O. The van der Waals surface area contributed by atoms with Gasteiger partial charge in [-0.2, -0.15) is 0 Å². The average molecular weight is 1320 g/mol. The summed E-state index contributed by atoms with van der Waals surface area (Å²) in [5, 5.41) is 9.77. The number of rotatable bonds is 71. The van der Waals surface area contributed by atoms with Crippen LogP contribution in [0.25, 0.3) is 0 Å². The number of likely N-dealkylation sites (N-methyl/N-ethyl adjacent to an activating group) is 1. The normalized spacial score (nSPS) is 13.5. The van der Waals surface area contributed by atoms with Crippen LogP contribution < -0.4 is 0 Å². The molecule has 95 heavy (non-hydrogen) atoms. The molecule has 0 saturated carbocycles. The molecule has 542 valence electrons. The molecule has 9 heteroatoms. The van der Waals surface area contributed by atoms with E-state index in [1.807, 2.05) is 21.1 Å². The minimum Gasteiger partial charge on any atom is -0.477 e. The summed E-state index contributed by atoms with van der Waals surface area (Å²) in [6, 6.07) is 0. The van der Waals surface area contributed by atoms with Crippen LogP contribution in [-0.2, 0) is 33.3 Å². The number of ether oxygens (including phenoxy) is 4. The number of hydrogen-bond acceptors (Lipinski definition) is 7. The van der Waals surface area contributed by atoms with Gasteiger partial charge in [-0.15, -0.1) is 0 Å². The lowest BCUT2D eigenvalue weighted by molar-refractivity contribution is -0.870. The maximum absolute atomic E-state index is 13.0. The van der Waals surface area contributed by atoms with Crippen molar-refractivity contribution in [2.45, 2.75) is 334 Å². The highest BCUT2D eigenvalue weighted by molar-refractivity contribution is 5.71. The van der Waals surface area contributed by atoms with E-state index in [1.165, 1.54) is 173 Å². The zero-order chi connectivity index (χ0) is 69.0. The van der Waals surface area contributed by atoms with Crippen LogP contribution in [0.1, 0.15) is 322 Å². The fourth-order valence-corrected chi connectivity index (χ4v) is 10.7. The van der Waals surface area contributed by atoms with Crippen LogP contribution in [0.5, 0.6) is 0 Å². The molecular formula is C86H146NO8+. The van der Waals surface area contributed by atoms with Crippen LogP contribution in [0, 0.1) is 0 Å². The molecule has 0 aromatic heterocycles. The summed E-state index contributed by atoms with van der Waals surface area (Å²) in [5.74, 6) is -2.01. The number of carbonyl (C=O) groups is 3. The van der Waals surface area contributed by atoms with Gasteiger partial charge in [0.05, 0.1) is 34.4 Å². The van der Waals surface area contributed by atoms with E-state index >= 15 is 0 Å². The lowest BCUT2D eigenvalue weighted by Crippen LogP contribution is -2.40. The standard InChI is InChI=1S/C86H145NO8/c1-6-8-10-12-14-16-18-20-22-24-26-28-30-32-34-36-37-38-39-40-41-42-43-44-45-46-47-49-51-53-55-57-59-61-63-65-67-69-71-73-75-77-84(89)95-82(81-94-86(85(90)91)92-79-78-87(3,4)5)80-93-83(88)76-74-72-70-68-66-64-62-60-58-56-54-52-50-48-35-33-31-29-27-25-23-21-19-17-15-13-11-9-7-2/h8,10,14,16,19-22,25-28,32,34,37-38,40-41,43-44,46-47,51,53,82,86H,6-7,9,11-13,15,17-18,23-24,29-31,33,35-36,39,42,45,48-50,52,54-81H2,1-5H3/p+1/b10-8-,16-14-,21-19-,22-20-,27-25-,28-26-,34-32-,38-37-,41-40-,44-43-,47-46-,53-51-. The molecule has 0 radical (unpaired) electrons. The van der Waals surface area contributed by atoms with E-state index in [-0.39, 0.29) is 32.2 Å². The topological polar surface area (TPSA) is 108 Å². The molecule has 0 spiro atoms. The first kappa shape index (κ1) is 90.2. The minimum atomic E-state index is -1.52. The van der Waals surface area contributed by atoms with Gasteiger partial charge >= 0.3 is 17.9 Å². The van der Waals surface area contributed by atoms with Crippen molar-refractivity contribution in [1.29, 1.82) is 0 Å². The molecule has 0 amide bonds. The van der Waals surface area contributed by atoms with E-state index in [4.69, 9.17) is 18.9 Å². The van der Waals surface area contributed by atoms with Crippen molar-refractivity contribution in [3.05, 3.63) is 146 Å². The Hall–Kier alpha value is -4.83. The number of hydrogen-bond donors (Lipinski definition) is 1. The quantitative estimate of drug-likeness (QED) is 0.0211. The summed E-state index contributed by atoms with van der Waals surface area (Å²) in [4.78, 5) is 37.7. The fraction of sp³-hybridized carbons (Fsp3) is 0.686. The number of carboxylic acid groups (broad SMARTS) is 1. The number of aliphatic carboxylic acids is 1. The van der Waals surface area contributed by atoms with Crippen molar-refractivity contribution >= 4 is 17.9 Å². The molecule has 0 aliphatic rings. The molecule has 0 aromatic rings. The molecule has 2 atom stereocenters. The summed E-state index contributed by atoms with van der Waals surface area (Å²) in [6.45, 7) is 4.77. The lowest BCUT2D eigenvalue weighted by Gasteiger charge is -2.25. The van der Waals surface area contributed by atoms with Crippen molar-refractivity contribution in [2.75, 3.05) is 47.5 Å². The number of quaternary nitrogens is 1. The predicted molar refractivity (Wildman–Crippen MR) is 410 cm³/mol. The summed E-state index contributed by atoms with van der Waals surface area (Å²) in [5.41, 5.74) is 0. The maximum Gasteiger partial charge on any atom is 0.361 e. The van der Waals surface area contributed by atoms with Crippen LogP contribution in [0.4, 0.5) is 0 Å². The summed E-state index contributed by atoms with van der Waals surface area (Å²) >= 11 is 0. The molecule has 1 N–H and O–H groups in total. The van der Waals surface area contributed by atoms with Gasteiger partial charge < -0.3 is 28.5 Å². The predicted octanol–water partition coefficient (Wildman–Crippen LogP) is 25.0. The zero-order valence-electron chi connectivity index (χ0n) is 62.0. The Labute approximate surface area is 585 Å². The zero-order valence-corrected chi connectivity index (χ0v) is 62.0. The number of carbonyl (C=O) groups excluding carboxylic acids is 2. The average Bonchev–Trinajstić information content (AvgIpc) is 3.54. The summed E-state index contributed by atoms with van der Waals surface area (Å²) in [7, 11) is 5.98. The summed E-state index contributed by atoms with van der Waals surface area (Å²) in [6.07, 6.45) is 107. The molecule has 0 aliphatic heterocycles. The Morgan fingerprint density at radius 1 is 0.326 bits per heavy atom. The maximum atomic E-state index is 13.0. The van der Waals surface area contributed by atoms with Gasteiger partial charge in [-0.1, -0.05) is 333 Å². The van der Waals surface area contributed by atoms with Crippen LogP contribution in [0.3, 0.4) is 0 Å². The molecule has 0 rings (SSSR count). The fourth-order valence-electron chi connectivity index (χ4n) is 10.7. The van der Waals surface area contributed by atoms with Crippen molar-refractivity contribution in [3.63, 3.8) is 0 Å². The van der Waals surface area contributed by atoms with E-state index in [9.17, 15) is 19.5 Å². The second kappa shape index (κ2) is 75.0. The van der Waals surface area contributed by atoms with Gasteiger partial charge in [0.15, 0.2) is 6.10 Å². The number of esters is 2. The van der Waals surface area contributed by atoms with Gasteiger partial charge in [0.1, 0.15) is 13.2 Å². The highest BCUT2D eigenvalue weighted by Crippen LogP contribution is 2.17. The lowest BCUT2D eigenvalue weighted by atomic mass is 10.0. The number of unbranched alkanes of at least 4 members (excludes halogenated alkanes) is 32. The van der Waals surface area contributed by atoms with Gasteiger partial charge in [0.2, 0.25) is 0 Å². The number of carboxylic acids is 1. The molecule has 0 heterocycles. The first-order valence-electron chi connectivity index (χ1n) is 39.0. The van der Waals surface area contributed by atoms with Gasteiger partial charge in [-0.05, 0) is 122 Å². The molecule has 0 aromatic carbocycles. The molecule has 2 unspecified atom stereocenters. The molecule has 0 aliphatic carbocycles. The third kappa shape index (κ3) is 76.4. The van der Waals surface area contributed by atoms with Crippen molar-refractivity contribution in [3.8, 4) is 0 Å². The van der Waals surface area contributed by atoms with Crippen LogP contribution >= 0.6 is 0 Å². The van der Waals surface area contributed by atoms with Crippen LogP contribution in [0.15, 0.2) is 146 Å². The van der Waals surface area contributed by atoms with Crippen LogP contribution in [-0.4, -0.2) is 87.4 Å². The molecule has 0 bridgehead atoms. The Morgan fingerprint density at radius 3 is 0.895 bits per heavy atom. The van der Waals surface area contributed by atoms with Crippen molar-refractivity contribution in [2.24, 2.45) is 0 Å². The molecule has 9 nitrogen and oxygen atoms in total. The minimum absolute atomic E-state index is 0.182. The van der Waals surface area contributed by atoms with Gasteiger partial charge in [-0.25, -0.2) is 4.79 Å². The number of nitrogens with zero attached hydrogens (tertiary/aromatic N) is 1.